The van der Waals surface area contributed by atoms with E-state index in [1.165, 1.54) is 6.42 Å². The van der Waals surface area contributed by atoms with Crippen molar-refractivity contribution in [3.8, 4) is 0 Å². The molecule has 1 heterocycles. The van der Waals surface area contributed by atoms with Crippen molar-refractivity contribution in [2.45, 2.75) is 45.4 Å². The fourth-order valence-corrected chi connectivity index (χ4v) is 2.09. The predicted molar refractivity (Wildman–Crippen MR) is 51.3 cm³/mol. The fraction of sp³-hybridized carbons (Fsp3) is 1.00. The minimum Gasteiger partial charge on any atom is -0.375 e. The van der Waals surface area contributed by atoms with Crippen LogP contribution >= 0.6 is 0 Å². The summed E-state index contributed by atoms with van der Waals surface area (Å²) in [5.41, 5.74) is 0. The molecular formula is C10H21NO. The lowest BCUT2D eigenvalue weighted by atomic mass is 9.88. The summed E-state index contributed by atoms with van der Waals surface area (Å²) in [6, 6.07) is 0.684. The minimum absolute atomic E-state index is 0.404. The van der Waals surface area contributed by atoms with E-state index in [0.717, 1.165) is 0 Å². The molecule has 0 spiro atoms. The lowest BCUT2D eigenvalue weighted by Crippen LogP contribution is -2.47. The van der Waals surface area contributed by atoms with E-state index in [-0.39, 0.29) is 0 Å². The molecule has 3 unspecified atom stereocenters. The van der Waals surface area contributed by atoms with Gasteiger partial charge in [0.15, 0.2) is 0 Å². The summed E-state index contributed by atoms with van der Waals surface area (Å²) in [6.45, 7) is 6.62. The van der Waals surface area contributed by atoms with Crippen LogP contribution in [0.3, 0.4) is 0 Å². The van der Waals surface area contributed by atoms with Crippen LogP contribution in [0.15, 0.2) is 0 Å². The molecule has 2 heteroatoms. The first-order valence-electron chi connectivity index (χ1n) is 4.84. The van der Waals surface area contributed by atoms with E-state index < -0.39 is 0 Å². The van der Waals surface area contributed by atoms with Gasteiger partial charge in [-0.15, -0.1) is 0 Å². The second-order valence-electron chi connectivity index (χ2n) is 4.28. The van der Waals surface area contributed by atoms with Crippen LogP contribution in [0.25, 0.3) is 0 Å². The highest BCUT2D eigenvalue weighted by molar-refractivity contribution is 4.84. The van der Waals surface area contributed by atoms with Gasteiger partial charge >= 0.3 is 0 Å². The molecule has 0 N–H and O–H groups in total. The quantitative estimate of drug-likeness (QED) is 0.596. The summed E-state index contributed by atoms with van der Waals surface area (Å²) < 4.78 is 5.75. The molecule has 0 saturated carbocycles. The van der Waals surface area contributed by atoms with E-state index in [1.807, 2.05) is 0 Å². The van der Waals surface area contributed by atoms with Gasteiger partial charge in [-0.1, -0.05) is 6.92 Å². The van der Waals surface area contributed by atoms with Crippen LogP contribution in [-0.2, 0) is 4.74 Å². The maximum absolute atomic E-state index is 5.75. The van der Waals surface area contributed by atoms with Crippen LogP contribution < -0.4 is 0 Å². The average molecular weight is 171 g/mol. The third-order valence-corrected chi connectivity index (χ3v) is 3.03. The van der Waals surface area contributed by atoms with Crippen LogP contribution in [0.4, 0.5) is 0 Å². The van der Waals surface area contributed by atoms with Gasteiger partial charge in [0.2, 0.25) is 0 Å². The second-order valence-corrected chi connectivity index (χ2v) is 4.28. The van der Waals surface area contributed by atoms with Gasteiger partial charge in [-0.25, -0.2) is 0 Å². The van der Waals surface area contributed by atoms with Crippen molar-refractivity contribution < 1.29 is 4.74 Å². The summed E-state index contributed by atoms with van der Waals surface area (Å²) in [7, 11) is 4.32. The van der Waals surface area contributed by atoms with Crippen LogP contribution in [0.2, 0.25) is 0 Å². The molecule has 0 aliphatic carbocycles. The standard InChI is InChI=1S/C10H21NO/c1-7-6-10(11(4)5)8(2)9(3)12-7/h7-10H,6H2,1-5H3/t7?,8?,9-,10?/m0/s1. The highest BCUT2D eigenvalue weighted by Crippen LogP contribution is 2.27. The topological polar surface area (TPSA) is 12.5 Å². The Morgan fingerprint density at radius 2 is 1.75 bits per heavy atom. The summed E-state index contributed by atoms with van der Waals surface area (Å²) >= 11 is 0. The Bertz CT molecular complexity index is 147. The van der Waals surface area contributed by atoms with E-state index in [2.05, 4.69) is 39.8 Å². The maximum Gasteiger partial charge on any atom is 0.0591 e. The molecule has 1 aliphatic heterocycles. The normalized spacial score (nSPS) is 43.5. The van der Waals surface area contributed by atoms with Crippen molar-refractivity contribution in [2.75, 3.05) is 14.1 Å². The third-order valence-electron chi connectivity index (χ3n) is 3.03. The van der Waals surface area contributed by atoms with Gasteiger partial charge in [0.05, 0.1) is 12.2 Å². The highest BCUT2D eigenvalue weighted by atomic mass is 16.5. The van der Waals surface area contributed by atoms with E-state index in [4.69, 9.17) is 4.74 Å². The van der Waals surface area contributed by atoms with Gasteiger partial charge in [0.25, 0.3) is 0 Å². The molecule has 1 fully saturated rings. The minimum atomic E-state index is 0.404. The van der Waals surface area contributed by atoms with Crippen LogP contribution in [0.5, 0.6) is 0 Å². The highest BCUT2D eigenvalue weighted by Gasteiger charge is 2.32. The Balaban J connectivity index is 2.60. The number of nitrogens with zero attached hydrogens (tertiary/aromatic N) is 1. The van der Waals surface area contributed by atoms with Gasteiger partial charge in [-0.2, -0.15) is 0 Å². The van der Waals surface area contributed by atoms with E-state index >= 15 is 0 Å². The Morgan fingerprint density at radius 3 is 2.25 bits per heavy atom. The first kappa shape index (κ1) is 10.0. The first-order valence-corrected chi connectivity index (χ1v) is 4.84. The third kappa shape index (κ3) is 1.99. The molecule has 0 aromatic carbocycles. The molecule has 0 bridgehead atoms. The van der Waals surface area contributed by atoms with Gasteiger partial charge < -0.3 is 9.64 Å². The van der Waals surface area contributed by atoms with Gasteiger partial charge in [-0.3, -0.25) is 0 Å². The van der Waals surface area contributed by atoms with Crippen molar-refractivity contribution in [1.82, 2.24) is 4.90 Å². The summed E-state index contributed by atoms with van der Waals surface area (Å²) in [5.74, 6) is 0.649. The maximum atomic E-state index is 5.75. The molecule has 12 heavy (non-hydrogen) atoms. The van der Waals surface area contributed by atoms with Crippen molar-refractivity contribution >= 4 is 0 Å². The first-order chi connectivity index (χ1) is 5.52. The Kier molecular flexibility index (Phi) is 3.13. The summed E-state index contributed by atoms with van der Waals surface area (Å²) in [6.07, 6.45) is 1.99. The van der Waals surface area contributed by atoms with E-state index in [0.29, 0.717) is 24.2 Å². The van der Waals surface area contributed by atoms with Gasteiger partial charge in [0, 0.05) is 6.04 Å². The predicted octanol–water partition coefficient (Wildman–Crippen LogP) is 1.75. The SMILES string of the molecule is CC1CC(N(C)C)C(C)[C@H](C)O1. The van der Waals surface area contributed by atoms with E-state index in [1.54, 1.807) is 0 Å². The van der Waals surface area contributed by atoms with Gasteiger partial charge in [0.1, 0.15) is 0 Å². The van der Waals surface area contributed by atoms with E-state index in [9.17, 15) is 0 Å². The molecule has 0 amide bonds. The molecule has 4 atom stereocenters. The van der Waals surface area contributed by atoms with Crippen molar-refractivity contribution in [1.29, 1.82) is 0 Å². The Hall–Kier alpha value is -0.0800. The zero-order valence-corrected chi connectivity index (χ0v) is 8.87. The fourth-order valence-electron chi connectivity index (χ4n) is 2.09. The van der Waals surface area contributed by atoms with Gasteiger partial charge in [-0.05, 0) is 40.3 Å². The number of hydrogen-bond donors (Lipinski definition) is 0. The summed E-state index contributed by atoms with van der Waals surface area (Å²) in [4.78, 5) is 2.32. The molecule has 1 saturated heterocycles. The van der Waals surface area contributed by atoms with Crippen molar-refractivity contribution in [3.63, 3.8) is 0 Å². The molecule has 2 nitrogen and oxygen atoms in total. The number of ether oxygens (including phenoxy) is 1. The average Bonchev–Trinajstić information content (AvgIpc) is 1.96. The Labute approximate surface area is 75.9 Å². The second kappa shape index (κ2) is 3.75. The monoisotopic (exact) mass is 171 g/mol. The molecule has 0 aromatic heterocycles. The lowest BCUT2D eigenvalue weighted by molar-refractivity contribution is -0.0921. The molecule has 1 rings (SSSR count). The molecule has 0 radical (unpaired) electrons. The Morgan fingerprint density at radius 1 is 1.17 bits per heavy atom. The smallest absolute Gasteiger partial charge is 0.0591 e. The largest absolute Gasteiger partial charge is 0.375 e. The number of hydrogen-bond acceptors (Lipinski definition) is 2. The van der Waals surface area contributed by atoms with Crippen LogP contribution in [-0.4, -0.2) is 37.2 Å². The number of rotatable bonds is 1. The zero-order valence-electron chi connectivity index (χ0n) is 8.87. The molecule has 72 valence electrons. The van der Waals surface area contributed by atoms with Crippen LogP contribution in [0.1, 0.15) is 27.2 Å². The van der Waals surface area contributed by atoms with Crippen LogP contribution in [0, 0.1) is 5.92 Å². The molecule has 1 aliphatic rings. The lowest BCUT2D eigenvalue weighted by Gasteiger charge is -2.41. The molecule has 0 aromatic rings. The molecular weight excluding hydrogens is 150 g/mol. The van der Waals surface area contributed by atoms with Crippen molar-refractivity contribution in [3.05, 3.63) is 0 Å². The summed E-state index contributed by atoms with van der Waals surface area (Å²) in [5, 5.41) is 0. The van der Waals surface area contributed by atoms with Crippen molar-refractivity contribution in [2.24, 2.45) is 5.92 Å². The zero-order chi connectivity index (χ0) is 9.30.